The lowest BCUT2D eigenvalue weighted by Crippen LogP contribution is -2.49. The van der Waals surface area contributed by atoms with Crippen LogP contribution in [0.2, 0.25) is 0 Å². The molecule has 8 heteroatoms. The van der Waals surface area contributed by atoms with Crippen molar-refractivity contribution in [2.45, 2.75) is 19.1 Å². The monoisotopic (exact) mass is 418 g/mol. The number of nitrogens with one attached hydrogen (secondary N) is 1. The summed E-state index contributed by atoms with van der Waals surface area (Å²) < 4.78 is 50.6. The predicted octanol–water partition coefficient (Wildman–Crippen LogP) is 4.29. The highest BCUT2D eigenvalue weighted by Crippen LogP contribution is 2.39. The normalized spacial score (nSPS) is 17.4. The molecule has 0 bridgehead atoms. The first-order valence-electron chi connectivity index (χ1n) is 9.58. The van der Waals surface area contributed by atoms with Gasteiger partial charge in [-0.2, -0.15) is 13.2 Å². The fourth-order valence-corrected chi connectivity index (χ4v) is 3.73. The molecule has 1 saturated heterocycles. The molecular formula is C22H21F3N2O3. The largest absolute Gasteiger partial charge is 0.496 e. The maximum atomic E-state index is 13.3. The topological polar surface area (TPSA) is 54.7 Å². The minimum absolute atomic E-state index is 0.0733. The van der Waals surface area contributed by atoms with Crippen molar-refractivity contribution in [3.05, 3.63) is 58.3 Å². The first-order valence-corrected chi connectivity index (χ1v) is 9.58. The first kappa shape index (κ1) is 20.3. The molecular weight excluding hydrogens is 397 g/mol. The van der Waals surface area contributed by atoms with Gasteiger partial charge in [0.2, 0.25) is 0 Å². The number of alkyl halides is 3. The number of piperazine rings is 1. The van der Waals surface area contributed by atoms with Crippen LogP contribution in [0.25, 0.3) is 22.3 Å². The van der Waals surface area contributed by atoms with E-state index in [1.807, 2.05) is 6.07 Å². The number of rotatable bonds is 3. The van der Waals surface area contributed by atoms with Crippen molar-refractivity contribution in [3.63, 3.8) is 0 Å². The fourth-order valence-electron chi connectivity index (χ4n) is 3.73. The van der Waals surface area contributed by atoms with Gasteiger partial charge in [-0.25, -0.2) is 0 Å². The molecule has 5 nitrogen and oxygen atoms in total. The number of hydrogen-bond donors (Lipinski definition) is 1. The summed E-state index contributed by atoms with van der Waals surface area (Å²) in [4.78, 5) is 14.9. The van der Waals surface area contributed by atoms with Crippen LogP contribution in [0.5, 0.6) is 5.75 Å². The number of halogens is 3. The molecule has 2 aromatic carbocycles. The Kier molecular flexibility index (Phi) is 5.19. The third kappa shape index (κ3) is 3.87. The summed E-state index contributed by atoms with van der Waals surface area (Å²) in [5.74, 6) is -0.214. The molecule has 0 radical (unpaired) electrons. The molecule has 4 rings (SSSR count). The second-order valence-electron chi connectivity index (χ2n) is 7.37. The highest BCUT2D eigenvalue weighted by molar-refractivity contribution is 5.82. The lowest BCUT2D eigenvalue weighted by molar-refractivity contribution is -0.138. The number of benzene rings is 2. The molecule has 1 unspecified atom stereocenters. The van der Waals surface area contributed by atoms with Crippen LogP contribution in [0.15, 0.2) is 51.7 Å². The van der Waals surface area contributed by atoms with Crippen LogP contribution < -0.4 is 20.4 Å². The van der Waals surface area contributed by atoms with Crippen molar-refractivity contribution in [3.8, 4) is 17.1 Å². The van der Waals surface area contributed by atoms with E-state index in [2.05, 4.69) is 17.1 Å². The fraction of sp³-hybridized carbons (Fsp3) is 0.318. The van der Waals surface area contributed by atoms with Crippen LogP contribution in [0.1, 0.15) is 12.5 Å². The van der Waals surface area contributed by atoms with Crippen molar-refractivity contribution < 1.29 is 22.3 Å². The Morgan fingerprint density at radius 1 is 1.17 bits per heavy atom. The van der Waals surface area contributed by atoms with E-state index >= 15 is 0 Å². The minimum Gasteiger partial charge on any atom is -0.496 e. The van der Waals surface area contributed by atoms with Gasteiger partial charge >= 0.3 is 6.18 Å². The summed E-state index contributed by atoms with van der Waals surface area (Å²) in [6.45, 7) is 4.59. The summed E-state index contributed by atoms with van der Waals surface area (Å²) in [6.07, 6.45) is -4.59. The third-order valence-electron chi connectivity index (χ3n) is 5.23. The zero-order valence-corrected chi connectivity index (χ0v) is 16.5. The number of nitrogens with zero attached hydrogens (tertiary/aromatic N) is 1. The minimum atomic E-state index is -4.59. The van der Waals surface area contributed by atoms with Gasteiger partial charge in [0.25, 0.3) is 0 Å². The Morgan fingerprint density at radius 3 is 2.67 bits per heavy atom. The molecule has 1 aliphatic heterocycles. The standard InChI is InChI=1S/C22H21F3N2O3/c1-13-12-27(8-7-26-13)15-4-6-19-16(10-15)18(28)11-21(30-19)14-3-5-20(29-2)17(9-14)22(23,24)25/h3-6,9-11,13,26H,7-8,12H2,1-2H3. The molecule has 0 spiro atoms. The third-order valence-corrected chi connectivity index (χ3v) is 5.23. The smallest absolute Gasteiger partial charge is 0.419 e. The molecule has 1 atom stereocenters. The summed E-state index contributed by atoms with van der Waals surface area (Å²) >= 11 is 0. The van der Waals surface area contributed by atoms with Crippen molar-refractivity contribution in [1.82, 2.24) is 5.32 Å². The summed E-state index contributed by atoms with van der Waals surface area (Å²) in [5.41, 5.74) is 0.171. The van der Waals surface area contributed by atoms with Gasteiger partial charge in [0, 0.05) is 43.0 Å². The van der Waals surface area contributed by atoms with Crippen LogP contribution in [-0.4, -0.2) is 32.8 Å². The molecule has 158 valence electrons. The predicted molar refractivity (Wildman–Crippen MR) is 109 cm³/mol. The molecule has 30 heavy (non-hydrogen) atoms. The first-order chi connectivity index (χ1) is 14.3. The van der Waals surface area contributed by atoms with E-state index in [9.17, 15) is 18.0 Å². The van der Waals surface area contributed by atoms with Crippen LogP contribution >= 0.6 is 0 Å². The number of hydrogen-bond acceptors (Lipinski definition) is 5. The zero-order valence-electron chi connectivity index (χ0n) is 16.5. The highest BCUT2D eigenvalue weighted by atomic mass is 19.4. The molecule has 3 aromatic rings. The lowest BCUT2D eigenvalue weighted by Gasteiger charge is -2.33. The van der Waals surface area contributed by atoms with E-state index in [1.54, 1.807) is 12.1 Å². The average Bonchev–Trinajstić information content (AvgIpc) is 2.72. The van der Waals surface area contributed by atoms with Crippen molar-refractivity contribution in [2.75, 3.05) is 31.6 Å². The number of ether oxygens (including phenoxy) is 1. The Bertz CT molecular complexity index is 1140. The second kappa shape index (κ2) is 7.68. The van der Waals surface area contributed by atoms with Gasteiger partial charge in [-0.15, -0.1) is 0 Å². The molecule has 0 saturated carbocycles. The maximum Gasteiger partial charge on any atom is 0.419 e. The summed E-state index contributed by atoms with van der Waals surface area (Å²) in [5, 5.41) is 3.76. The Hall–Kier alpha value is -3.00. The van der Waals surface area contributed by atoms with E-state index in [4.69, 9.17) is 9.15 Å². The van der Waals surface area contributed by atoms with Crippen LogP contribution in [-0.2, 0) is 6.18 Å². The van der Waals surface area contributed by atoms with Gasteiger partial charge in [-0.05, 0) is 43.3 Å². The van der Waals surface area contributed by atoms with Crippen molar-refractivity contribution in [1.29, 1.82) is 0 Å². The van der Waals surface area contributed by atoms with Crippen LogP contribution in [0, 0.1) is 0 Å². The average molecular weight is 418 g/mol. The van der Waals surface area contributed by atoms with E-state index in [-0.39, 0.29) is 22.5 Å². The highest BCUT2D eigenvalue weighted by Gasteiger charge is 2.34. The number of methoxy groups -OCH3 is 1. The van der Waals surface area contributed by atoms with Gasteiger partial charge in [-0.3, -0.25) is 4.79 Å². The molecule has 2 heterocycles. The van der Waals surface area contributed by atoms with Gasteiger partial charge in [0.15, 0.2) is 5.43 Å². The van der Waals surface area contributed by atoms with E-state index < -0.39 is 11.7 Å². The molecule has 0 aliphatic carbocycles. The van der Waals surface area contributed by atoms with E-state index in [0.29, 0.717) is 17.0 Å². The summed E-state index contributed by atoms with van der Waals surface area (Å²) in [6, 6.07) is 10.5. The van der Waals surface area contributed by atoms with Crippen LogP contribution in [0.4, 0.5) is 18.9 Å². The molecule has 1 aliphatic rings. The van der Waals surface area contributed by atoms with Gasteiger partial charge in [-0.1, -0.05) is 0 Å². The SMILES string of the molecule is COc1ccc(-c2cc(=O)c3cc(N4CCNC(C)C4)ccc3o2)cc1C(F)(F)F. The lowest BCUT2D eigenvalue weighted by atomic mass is 10.1. The van der Waals surface area contributed by atoms with Crippen LogP contribution in [0.3, 0.4) is 0 Å². The maximum absolute atomic E-state index is 13.3. The zero-order chi connectivity index (χ0) is 21.5. The van der Waals surface area contributed by atoms with Gasteiger partial charge < -0.3 is 19.4 Å². The molecule has 1 N–H and O–H groups in total. The van der Waals surface area contributed by atoms with Gasteiger partial charge in [0.1, 0.15) is 17.1 Å². The van der Waals surface area contributed by atoms with Gasteiger partial charge in [0.05, 0.1) is 18.1 Å². The van der Waals surface area contributed by atoms with E-state index in [0.717, 1.165) is 31.4 Å². The van der Waals surface area contributed by atoms with E-state index in [1.165, 1.54) is 25.3 Å². The Balaban J connectivity index is 1.75. The number of anilines is 1. The molecule has 0 amide bonds. The van der Waals surface area contributed by atoms with Crippen molar-refractivity contribution >= 4 is 16.7 Å². The second-order valence-corrected chi connectivity index (χ2v) is 7.37. The van der Waals surface area contributed by atoms with Crippen molar-refractivity contribution in [2.24, 2.45) is 0 Å². The Labute approximate surface area is 171 Å². The number of fused-ring (bicyclic) bond motifs is 1. The molecule has 1 aromatic heterocycles. The Morgan fingerprint density at radius 2 is 1.97 bits per heavy atom. The molecule has 1 fully saturated rings. The summed E-state index contributed by atoms with van der Waals surface area (Å²) in [7, 11) is 1.18. The quantitative estimate of drug-likeness (QED) is 0.688.